The minimum Gasteiger partial charge on any atom is -0.462 e. The average Bonchev–Trinajstić information content (AvgIpc) is 3.32. The number of hydrogen-bond donors (Lipinski definition) is 2. The summed E-state index contributed by atoms with van der Waals surface area (Å²) in [5.41, 5.74) is 0. The quantitative estimate of drug-likeness (QED) is 0.0197. The van der Waals surface area contributed by atoms with Crippen molar-refractivity contribution in [2.75, 3.05) is 26.4 Å². The van der Waals surface area contributed by atoms with Crippen molar-refractivity contribution < 1.29 is 52.2 Å². The highest BCUT2D eigenvalue weighted by Crippen LogP contribution is 2.43. The molecule has 0 rings (SSSR count). The minimum absolute atomic E-state index is 0.154. The molecule has 0 aromatic rings. The Labute approximate surface area is 415 Å². The van der Waals surface area contributed by atoms with Gasteiger partial charge < -0.3 is 24.2 Å². The molecule has 3 atom stereocenters. The van der Waals surface area contributed by atoms with Gasteiger partial charge in [0.25, 0.3) is 0 Å². The Hall–Kier alpha value is -2.56. The number of phosphoric acid groups is 1. The van der Waals surface area contributed by atoms with Gasteiger partial charge in [0, 0.05) is 19.3 Å². The second kappa shape index (κ2) is 50.8. The summed E-state index contributed by atoms with van der Waals surface area (Å²) in [7, 11) is -4.74. The Morgan fingerprint density at radius 1 is 0.412 bits per heavy atom. The van der Waals surface area contributed by atoms with Crippen molar-refractivity contribution in [3.05, 3.63) is 48.6 Å². The summed E-state index contributed by atoms with van der Waals surface area (Å²) in [4.78, 5) is 48.3. The fourth-order valence-corrected chi connectivity index (χ4v) is 8.26. The van der Waals surface area contributed by atoms with E-state index in [0.29, 0.717) is 19.3 Å². The number of unbranched alkanes of at least 4 members (excludes halogenated alkanes) is 26. The maximum absolute atomic E-state index is 12.9. The van der Waals surface area contributed by atoms with E-state index in [1.807, 2.05) is 0 Å². The van der Waals surface area contributed by atoms with E-state index < -0.39 is 57.8 Å². The topological polar surface area (TPSA) is 155 Å². The summed E-state index contributed by atoms with van der Waals surface area (Å²) in [6, 6.07) is 0. The van der Waals surface area contributed by atoms with Gasteiger partial charge >= 0.3 is 25.7 Å². The lowest BCUT2D eigenvalue weighted by atomic mass is 10.1. The van der Waals surface area contributed by atoms with E-state index in [1.165, 1.54) is 83.5 Å². The van der Waals surface area contributed by atoms with E-state index >= 15 is 0 Å². The van der Waals surface area contributed by atoms with Gasteiger partial charge in [0.2, 0.25) is 0 Å². The number of esters is 3. The Bertz CT molecular complexity index is 1330. The summed E-state index contributed by atoms with van der Waals surface area (Å²) in [6.45, 7) is 4.56. The van der Waals surface area contributed by atoms with Crippen LogP contribution in [0, 0.1) is 0 Å². The molecule has 0 heterocycles. The van der Waals surface area contributed by atoms with Gasteiger partial charge in [-0.1, -0.05) is 198 Å². The van der Waals surface area contributed by atoms with Crippen molar-refractivity contribution in [1.82, 2.24) is 0 Å². The zero-order chi connectivity index (χ0) is 49.9. The highest BCUT2D eigenvalue weighted by molar-refractivity contribution is 7.47. The van der Waals surface area contributed by atoms with Gasteiger partial charge in [-0.3, -0.25) is 23.4 Å². The SMILES string of the molecule is CCCCC/C=C\C/C=C\C/C=C\CCCCCCCCC(=O)OC(COC(=O)CCCCCCCCCCC)COP(=O)(O)OCC(CO)OC(=O)CCCCCCC/C=C\CCCCCC. The van der Waals surface area contributed by atoms with Gasteiger partial charge in [-0.25, -0.2) is 4.57 Å². The van der Waals surface area contributed by atoms with Crippen LogP contribution in [0.4, 0.5) is 0 Å². The van der Waals surface area contributed by atoms with Crippen molar-refractivity contribution in [3.8, 4) is 0 Å². The lowest BCUT2D eigenvalue weighted by Crippen LogP contribution is -2.30. The zero-order valence-corrected chi connectivity index (χ0v) is 44.5. The molecule has 0 aliphatic carbocycles. The number of ether oxygens (including phenoxy) is 3. The number of rotatable bonds is 51. The molecule has 0 aromatic carbocycles. The molecule has 0 saturated carbocycles. The highest BCUT2D eigenvalue weighted by Gasteiger charge is 2.28. The van der Waals surface area contributed by atoms with E-state index in [0.717, 1.165) is 109 Å². The number of hydrogen-bond acceptors (Lipinski definition) is 10. The van der Waals surface area contributed by atoms with E-state index in [4.69, 9.17) is 23.3 Å². The third-order valence-electron chi connectivity index (χ3n) is 11.7. The first-order valence-electron chi connectivity index (χ1n) is 27.5. The predicted molar refractivity (Wildman–Crippen MR) is 279 cm³/mol. The van der Waals surface area contributed by atoms with E-state index in [1.54, 1.807) is 0 Å². The monoisotopic (exact) mass is 981 g/mol. The number of carbonyl (C=O) groups is 3. The summed E-state index contributed by atoms with van der Waals surface area (Å²) in [5, 5.41) is 9.78. The van der Waals surface area contributed by atoms with Crippen LogP contribution in [-0.4, -0.2) is 66.5 Å². The van der Waals surface area contributed by atoms with Crippen molar-refractivity contribution in [1.29, 1.82) is 0 Å². The summed E-state index contributed by atoms with van der Waals surface area (Å²) >= 11 is 0. The number of aliphatic hydroxyl groups excluding tert-OH is 1. The lowest BCUT2D eigenvalue weighted by molar-refractivity contribution is -0.161. The molecule has 2 N–H and O–H groups in total. The minimum atomic E-state index is -4.74. The molecule has 0 aliphatic rings. The smallest absolute Gasteiger partial charge is 0.462 e. The van der Waals surface area contributed by atoms with Gasteiger partial charge in [-0.2, -0.15) is 0 Å². The normalized spacial score (nSPS) is 13.8. The van der Waals surface area contributed by atoms with E-state index in [2.05, 4.69) is 69.4 Å². The van der Waals surface area contributed by atoms with Gasteiger partial charge in [-0.15, -0.1) is 0 Å². The maximum atomic E-state index is 12.9. The zero-order valence-electron chi connectivity index (χ0n) is 43.6. The van der Waals surface area contributed by atoms with E-state index in [9.17, 15) is 28.9 Å². The fourth-order valence-electron chi connectivity index (χ4n) is 7.47. The standard InChI is InChI=1S/C56H101O11P/c1-4-7-10-13-16-19-21-23-24-25-26-27-28-30-32-35-38-41-44-47-56(60)67-53(49-63-54(58)45-42-39-36-33-18-15-12-9-6-3)51-65-68(61,62)64-50-52(48-57)66-55(59)46-43-40-37-34-31-29-22-20-17-14-11-8-5-2/h16,19-20,22-24,26-27,52-53,57H,4-15,17-18,21,25,28-51H2,1-3H3,(H,61,62)/b19-16-,22-20-,24-23-,27-26-. The number of allylic oxidation sites excluding steroid dienone is 8. The molecule has 0 amide bonds. The number of phosphoric ester groups is 1. The average molecular weight is 981 g/mol. The van der Waals surface area contributed by atoms with Crippen LogP contribution in [0.15, 0.2) is 48.6 Å². The Kier molecular flexibility index (Phi) is 48.9. The molecule has 396 valence electrons. The van der Waals surface area contributed by atoms with Crippen LogP contribution < -0.4 is 0 Å². The maximum Gasteiger partial charge on any atom is 0.472 e. The van der Waals surface area contributed by atoms with Crippen molar-refractivity contribution in [3.63, 3.8) is 0 Å². The van der Waals surface area contributed by atoms with Crippen LogP contribution >= 0.6 is 7.82 Å². The summed E-state index contributed by atoms with van der Waals surface area (Å²) < 4.78 is 39.4. The third-order valence-corrected chi connectivity index (χ3v) is 12.7. The molecule has 0 aromatic heterocycles. The molecule has 0 radical (unpaired) electrons. The first-order valence-corrected chi connectivity index (χ1v) is 29.0. The summed E-state index contributed by atoms with van der Waals surface area (Å²) in [6.07, 6.45) is 52.2. The van der Waals surface area contributed by atoms with Crippen LogP contribution in [0.5, 0.6) is 0 Å². The van der Waals surface area contributed by atoms with Crippen molar-refractivity contribution in [2.45, 2.75) is 264 Å². The molecule has 11 nitrogen and oxygen atoms in total. The van der Waals surface area contributed by atoms with Crippen LogP contribution in [0.1, 0.15) is 252 Å². The lowest BCUT2D eigenvalue weighted by Gasteiger charge is -2.21. The van der Waals surface area contributed by atoms with Crippen LogP contribution in [0.25, 0.3) is 0 Å². The van der Waals surface area contributed by atoms with Gasteiger partial charge in [0.05, 0.1) is 19.8 Å². The molecule has 0 bridgehead atoms. The largest absolute Gasteiger partial charge is 0.472 e. The molecule has 0 aliphatic heterocycles. The predicted octanol–water partition coefficient (Wildman–Crippen LogP) is 15.8. The van der Waals surface area contributed by atoms with Crippen molar-refractivity contribution >= 4 is 25.7 Å². The molecular formula is C56H101O11P. The van der Waals surface area contributed by atoms with Gasteiger partial charge in [0.1, 0.15) is 12.7 Å². The highest BCUT2D eigenvalue weighted by atomic mass is 31.2. The second-order valence-electron chi connectivity index (χ2n) is 18.4. The number of aliphatic hydroxyl groups is 1. The second-order valence-corrected chi connectivity index (χ2v) is 19.8. The number of carbonyl (C=O) groups excluding carboxylic acids is 3. The molecule has 0 fully saturated rings. The third kappa shape index (κ3) is 48.5. The molecule has 0 spiro atoms. The van der Waals surface area contributed by atoms with Crippen LogP contribution in [-0.2, 0) is 42.2 Å². The molecular weight excluding hydrogens is 880 g/mol. The molecule has 3 unspecified atom stereocenters. The summed E-state index contributed by atoms with van der Waals surface area (Å²) in [5.74, 6) is -1.48. The fraction of sp³-hybridized carbons (Fsp3) is 0.804. The first kappa shape index (κ1) is 65.4. The van der Waals surface area contributed by atoms with Crippen molar-refractivity contribution in [2.24, 2.45) is 0 Å². The van der Waals surface area contributed by atoms with Crippen LogP contribution in [0.3, 0.4) is 0 Å². The molecule has 0 saturated heterocycles. The van der Waals surface area contributed by atoms with Gasteiger partial charge in [0.15, 0.2) is 6.10 Å². The first-order chi connectivity index (χ1) is 33.2. The van der Waals surface area contributed by atoms with Gasteiger partial charge in [-0.05, 0) is 83.5 Å². The Morgan fingerprint density at radius 3 is 1.16 bits per heavy atom. The Morgan fingerprint density at radius 2 is 0.721 bits per heavy atom. The van der Waals surface area contributed by atoms with E-state index in [-0.39, 0.29) is 25.9 Å². The Balaban J connectivity index is 4.69. The van der Waals surface area contributed by atoms with Crippen LogP contribution in [0.2, 0.25) is 0 Å². The molecule has 68 heavy (non-hydrogen) atoms. The molecule has 12 heteroatoms.